The molecule has 0 aliphatic carbocycles. The van der Waals surface area contributed by atoms with E-state index in [4.69, 9.17) is 11.6 Å². The lowest BCUT2D eigenvalue weighted by Crippen LogP contribution is -2.08. The van der Waals surface area contributed by atoms with Crippen LogP contribution in [0.15, 0.2) is 30.3 Å². The van der Waals surface area contributed by atoms with Crippen LogP contribution in [0.2, 0.25) is 0 Å². The second-order valence-corrected chi connectivity index (χ2v) is 2.84. The molecule has 0 aromatic heterocycles. The van der Waals surface area contributed by atoms with Gasteiger partial charge in [-0.25, -0.2) is 0 Å². The first-order chi connectivity index (χ1) is 6.72. The summed E-state index contributed by atoms with van der Waals surface area (Å²) < 4.78 is 0. The molecule has 0 aliphatic heterocycles. The predicted octanol–water partition coefficient (Wildman–Crippen LogP) is 0.861. The molecule has 1 rings (SSSR count). The van der Waals surface area contributed by atoms with Crippen molar-refractivity contribution in [3.8, 4) is 0 Å². The first-order valence-electron chi connectivity index (χ1n) is 4.24. The highest BCUT2D eigenvalue weighted by molar-refractivity contribution is 5.76. The monoisotopic (exact) mass is 191 g/mol. The Morgan fingerprint density at radius 3 is 2.93 bits per heavy atom. The maximum absolute atomic E-state index is 10.5. The number of rotatable bonds is 4. The van der Waals surface area contributed by atoms with Crippen LogP contribution in [0, 0.1) is 0 Å². The smallest absolute Gasteiger partial charge is 0.221 e. The first kappa shape index (κ1) is 10.3. The summed E-state index contributed by atoms with van der Waals surface area (Å²) in [7, 11) is 0. The average Bonchev–Trinajstić information content (AvgIpc) is 2.18. The van der Waals surface area contributed by atoms with E-state index in [1.807, 2.05) is 30.3 Å². The van der Waals surface area contributed by atoms with Crippen molar-refractivity contribution < 1.29 is 4.79 Å². The fourth-order valence-corrected chi connectivity index (χ4v) is 1.04. The Kier molecular flexibility index (Phi) is 3.69. The van der Waals surface area contributed by atoms with Crippen molar-refractivity contribution in [2.45, 2.75) is 6.42 Å². The fraction of sp³-hybridized carbons (Fsp3) is 0.100. The summed E-state index contributed by atoms with van der Waals surface area (Å²) in [4.78, 5) is 10.5. The zero-order valence-electron chi connectivity index (χ0n) is 7.73. The molecule has 74 valence electrons. The molecule has 0 unspecified atom stereocenters. The molecule has 1 aromatic rings. The van der Waals surface area contributed by atoms with Crippen molar-refractivity contribution in [1.29, 1.82) is 0 Å². The minimum atomic E-state index is -0.339. The lowest BCUT2D eigenvalue weighted by molar-refractivity contribution is -0.117. The molecule has 0 fully saturated rings. The largest absolute Gasteiger partial charge is 0.369 e. The van der Waals surface area contributed by atoms with Crippen molar-refractivity contribution in [3.63, 3.8) is 0 Å². The lowest BCUT2D eigenvalue weighted by Gasteiger charge is -1.99. The number of hydrogen-bond donors (Lipinski definition) is 3. The van der Waals surface area contributed by atoms with Gasteiger partial charge in [0.2, 0.25) is 5.91 Å². The normalized spacial score (nSPS) is 10.4. The number of carbonyl (C=O) groups is 1. The van der Waals surface area contributed by atoms with Crippen molar-refractivity contribution in [1.82, 2.24) is 0 Å². The molecule has 0 bridgehead atoms. The van der Waals surface area contributed by atoms with Gasteiger partial charge in [-0.2, -0.15) is 0 Å². The van der Waals surface area contributed by atoms with Crippen LogP contribution >= 0.6 is 0 Å². The highest BCUT2D eigenvalue weighted by Gasteiger charge is 1.91. The number of nitrogen functional groups attached to an aromatic ring is 1. The topological polar surface area (TPSA) is 81.1 Å². The molecule has 1 aromatic carbocycles. The number of anilines is 1. The Morgan fingerprint density at radius 2 is 2.29 bits per heavy atom. The molecule has 0 spiro atoms. The van der Waals surface area contributed by atoms with Gasteiger partial charge in [0.15, 0.2) is 0 Å². The quantitative estimate of drug-likeness (QED) is 0.487. The van der Waals surface area contributed by atoms with E-state index in [1.54, 1.807) is 6.08 Å². The number of carbonyl (C=O) groups excluding carboxylic acids is 1. The Balaban J connectivity index is 2.66. The third-order valence-corrected chi connectivity index (χ3v) is 1.68. The minimum Gasteiger partial charge on any atom is -0.369 e. The lowest BCUT2D eigenvalue weighted by atomic mass is 10.2. The zero-order chi connectivity index (χ0) is 10.4. The zero-order valence-corrected chi connectivity index (χ0v) is 7.73. The SMILES string of the molecule is NNc1cccc(C=CCC(N)=O)c1. The van der Waals surface area contributed by atoms with Crippen LogP contribution < -0.4 is 17.0 Å². The molecule has 5 N–H and O–H groups in total. The van der Waals surface area contributed by atoms with Gasteiger partial charge in [-0.05, 0) is 17.7 Å². The molecule has 0 saturated carbocycles. The number of hydrazine groups is 1. The van der Waals surface area contributed by atoms with E-state index in [2.05, 4.69) is 5.43 Å². The molecule has 0 aliphatic rings. The van der Waals surface area contributed by atoms with Crippen LogP contribution in [0.25, 0.3) is 6.08 Å². The third-order valence-electron chi connectivity index (χ3n) is 1.68. The van der Waals surface area contributed by atoms with Gasteiger partial charge in [-0.1, -0.05) is 24.3 Å². The van der Waals surface area contributed by atoms with Gasteiger partial charge in [0.1, 0.15) is 0 Å². The number of primary amides is 1. The van der Waals surface area contributed by atoms with Gasteiger partial charge in [-0.3, -0.25) is 10.6 Å². The van der Waals surface area contributed by atoms with Gasteiger partial charge in [0.25, 0.3) is 0 Å². The molecule has 4 nitrogen and oxygen atoms in total. The summed E-state index contributed by atoms with van der Waals surface area (Å²) in [6.07, 6.45) is 3.80. The van der Waals surface area contributed by atoms with Crippen LogP contribution in [-0.4, -0.2) is 5.91 Å². The van der Waals surface area contributed by atoms with E-state index in [-0.39, 0.29) is 12.3 Å². The van der Waals surface area contributed by atoms with Crippen molar-refractivity contribution in [2.75, 3.05) is 5.43 Å². The van der Waals surface area contributed by atoms with E-state index in [0.29, 0.717) is 0 Å². The fourth-order valence-electron chi connectivity index (χ4n) is 1.04. The Bertz CT molecular complexity index is 347. The maximum Gasteiger partial charge on any atom is 0.221 e. The standard InChI is InChI=1S/C10H13N3O/c11-10(14)6-2-4-8-3-1-5-9(7-8)13-12/h1-5,7,13H,6,12H2,(H2,11,14). The van der Waals surface area contributed by atoms with Crippen molar-refractivity contribution in [2.24, 2.45) is 11.6 Å². The second-order valence-electron chi connectivity index (χ2n) is 2.84. The van der Waals surface area contributed by atoms with Gasteiger partial charge in [0, 0.05) is 12.1 Å². The molecule has 0 radical (unpaired) electrons. The van der Waals surface area contributed by atoms with E-state index in [1.165, 1.54) is 0 Å². The van der Waals surface area contributed by atoms with Crippen LogP contribution in [0.1, 0.15) is 12.0 Å². The van der Waals surface area contributed by atoms with Gasteiger partial charge in [-0.15, -0.1) is 0 Å². The molecular formula is C10H13N3O. The predicted molar refractivity (Wildman–Crippen MR) is 57.1 cm³/mol. The van der Waals surface area contributed by atoms with E-state index in [9.17, 15) is 4.79 Å². The summed E-state index contributed by atoms with van der Waals surface area (Å²) in [6.45, 7) is 0. The molecular weight excluding hydrogens is 178 g/mol. The third kappa shape index (κ3) is 3.28. The highest BCUT2D eigenvalue weighted by Crippen LogP contribution is 2.10. The summed E-state index contributed by atoms with van der Waals surface area (Å²) in [6, 6.07) is 7.51. The number of benzene rings is 1. The molecule has 14 heavy (non-hydrogen) atoms. The number of nitrogens with two attached hydrogens (primary N) is 2. The number of hydrogen-bond acceptors (Lipinski definition) is 3. The van der Waals surface area contributed by atoms with Gasteiger partial charge < -0.3 is 11.2 Å². The Morgan fingerprint density at radius 1 is 1.50 bits per heavy atom. The Hall–Kier alpha value is -1.81. The summed E-state index contributed by atoms with van der Waals surface area (Å²) in [5.74, 6) is 4.91. The Labute approximate surface area is 82.6 Å². The van der Waals surface area contributed by atoms with Crippen LogP contribution in [0.3, 0.4) is 0 Å². The summed E-state index contributed by atoms with van der Waals surface area (Å²) in [5.41, 5.74) is 9.33. The summed E-state index contributed by atoms with van der Waals surface area (Å²) in [5, 5.41) is 0. The van der Waals surface area contributed by atoms with Crippen LogP contribution in [0.4, 0.5) is 5.69 Å². The van der Waals surface area contributed by atoms with Crippen LogP contribution in [-0.2, 0) is 4.79 Å². The molecule has 0 atom stereocenters. The maximum atomic E-state index is 10.5. The van der Waals surface area contributed by atoms with Crippen molar-refractivity contribution >= 4 is 17.7 Å². The number of amides is 1. The first-order valence-corrected chi connectivity index (χ1v) is 4.24. The van der Waals surface area contributed by atoms with E-state index in [0.717, 1.165) is 11.3 Å². The second kappa shape index (κ2) is 5.04. The van der Waals surface area contributed by atoms with Crippen LogP contribution in [0.5, 0.6) is 0 Å². The van der Waals surface area contributed by atoms with E-state index >= 15 is 0 Å². The molecule has 4 heteroatoms. The van der Waals surface area contributed by atoms with Gasteiger partial charge >= 0.3 is 0 Å². The average molecular weight is 191 g/mol. The molecule has 1 amide bonds. The van der Waals surface area contributed by atoms with Crippen molar-refractivity contribution in [3.05, 3.63) is 35.9 Å². The van der Waals surface area contributed by atoms with Gasteiger partial charge in [0.05, 0.1) is 0 Å². The minimum absolute atomic E-state index is 0.250. The highest BCUT2D eigenvalue weighted by atomic mass is 16.1. The number of nitrogens with one attached hydrogen (secondary N) is 1. The van der Waals surface area contributed by atoms with E-state index < -0.39 is 0 Å². The summed E-state index contributed by atoms with van der Waals surface area (Å²) >= 11 is 0. The molecule has 0 saturated heterocycles. The molecule has 0 heterocycles.